The van der Waals surface area contributed by atoms with Crippen molar-refractivity contribution in [1.82, 2.24) is 10.3 Å². The summed E-state index contributed by atoms with van der Waals surface area (Å²) in [6.45, 7) is 0. The normalized spacial score (nSPS) is 17.1. The largest absolute Gasteiger partial charge is 0.337 e. The number of amides is 1. The second kappa shape index (κ2) is 5.87. The van der Waals surface area contributed by atoms with E-state index >= 15 is 0 Å². The molecule has 1 saturated carbocycles. The SMILES string of the molecule is N#CC1(NC(=O)CSc2ccncc2)CCCC1. The zero-order valence-corrected chi connectivity index (χ0v) is 10.9. The first-order chi connectivity index (χ1) is 8.74. The van der Waals surface area contributed by atoms with Crippen molar-refractivity contribution in [2.24, 2.45) is 0 Å². The molecule has 0 aromatic carbocycles. The topological polar surface area (TPSA) is 65.8 Å². The molecule has 1 aromatic heterocycles. The standard InChI is InChI=1S/C13H15N3OS/c14-10-13(5-1-2-6-13)16-12(17)9-18-11-3-7-15-8-4-11/h3-4,7-8H,1-2,5-6,9H2,(H,16,17). The molecule has 94 valence electrons. The van der Waals surface area contributed by atoms with Crippen LogP contribution >= 0.6 is 11.8 Å². The molecule has 1 N–H and O–H groups in total. The molecule has 0 saturated heterocycles. The van der Waals surface area contributed by atoms with Gasteiger partial charge in [0.25, 0.3) is 0 Å². The highest BCUT2D eigenvalue weighted by Gasteiger charge is 2.35. The lowest BCUT2D eigenvalue weighted by Gasteiger charge is -2.21. The van der Waals surface area contributed by atoms with Gasteiger partial charge >= 0.3 is 0 Å². The lowest BCUT2D eigenvalue weighted by Crippen LogP contribution is -2.45. The Morgan fingerprint density at radius 1 is 1.44 bits per heavy atom. The van der Waals surface area contributed by atoms with Crippen molar-refractivity contribution in [1.29, 1.82) is 5.26 Å². The smallest absolute Gasteiger partial charge is 0.231 e. The van der Waals surface area contributed by atoms with Gasteiger partial charge in [0.05, 0.1) is 11.8 Å². The number of hydrogen-bond acceptors (Lipinski definition) is 4. The summed E-state index contributed by atoms with van der Waals surface area (Å²) in [6, 6.07) is 5.99. The Hall–Kier alpha value is -1.54. The number of carbonyl (C=O) groups excluding carboxylic acids is 1. The lowest BCUT2D eigenvalue weighted by atomic mass is 10.0. The molecule has 0 aliphatic heterocycles. The Morgan fingerprint density at radius 2 is 2.11 bits per heavy atom. The van der Waals surface area contributed by atoms with E-state index in [2.05, 4.69) is 16.4 Å². The van der Waals surface area contributed by atoms with Crippen LogP contribution in [-0.4, -0.2) is 22.2 Å². The monoisotopic (exact) mass is 261 g/mol. The highest BCUT2D eigenvalue weighted by atomic mass is 32.2. The number of nitriles is 1. The fourth-order valence-corrected chi connectivity index (χ4v) is 2.81. The van der Waals surface area contributed by atoms with E-state index in [4.69, 9.17) is 0 Å². The molecule has 0 bridgehead atoms. The van der Waals surface area contributed by atoms with E-state index in [0.717, 1.165) is 30.6 Å². The number of pyridine rings is 1. The van der Waals surface area contributed by atoms with E-state index in [1.165, 1.54) is 11.8 Å². The molecular formula is C13H15N3OS. The molecule has 0 unspecified atom stereocenters. The van der Waals surface area contributed by atoms with Gasteiger partial charge in [0.15, 0.2) is 0 Å². The number of thioether (sulfide) groups is 1. The molecule has 4 nitrogen and oxygen atoms in total. The summed E-state index contributed by atoms with van der Waals surface area (Å²) in [6.07, 6.45) is 6.99. The quantitative estimate of drug-likeness (QED) is 0.843. The first kappa shape index (κ1) is 12.9. The van der Waals surface area contributed by atoms with Crippen LogP contribution in [0.5, 0.6) is 0 Å². The van der Waals surface area contributed by atoms with Gasteiger partial charge in [-0.2, -0.15) is 5.26 Å². The predicted octanol–water partition coefficient (Wildman–Crippen LogP) is 2.13. The summed E-state index contributed by atoms with van der Waals surface area (Å²) in [5.41, 5.74) is -0.615. The predicted molar refractivity (Wildman–Crippen MR) is 69.9 cm³/mol. The second-order valence-corrected chi connectivity index (χ2v) is 5.47. The summed E-state index contributed by atoms with van der Waals surface area (Å²) in [7, 11) is 0. The molecule has 1 aliphatic carbocycles. The summed E-state index contributed by atoms with van der Waals surface area (Å²) in [5.74, 6) is 0.272. The van der Waals surface area contributed by atoms with Crippen LogP contribution in [0.1, 0.15) is 25.7 Å². The van der Waals surface area contributed by atoms with Crippen molar-refractivity contribution in [2.45, 2.75) is 36.1 Å². The molecule has 0 atom stereocenters. The van der Waals surface area contributed by atoms with Gasteiger partial charge in [-0.05, 0) is 37.8 Å². The molecule has 1 amide bonds. The van der Waals surface area contributed by atoms with Crippen molar-refractivity contribution in [3.05, 3.63) is 24.5 Å². The third-order valence-corrected chi connectivity index (χ3v) is 4.08. The minimum absolute atomic E-state index is 0.0692. The molecule has 1 aromatic rings. The van der Waals surface area contributed by atoms with Gasteiger partial charge in [-0.25, -0.2) is 0 Å². The number of aromatic nitrogens is 1. The van der Waals surface area contributed by atoms with Crippen molar-refractivity contribution < 1.29 is 4.79 Å². The summed E-state index contributed by atoms with van der Waals surface area (Å²) < 4.78 is 0. The van der Waals surface area contributed by atoms with Crippen molar-refractivity contribution in [3.63, 3.8) is 0 Å². The van der Waals surface area contributed by atoms with Crippen LogP contribution in [0.15, 0.2) is 29.4 Å². The molecule has 2 rings (SSSR count). The average Bonchev–Trinajstić information content (AvgIpc) is 2.87. The van der Waals surface area contributed by atoms with E-state index in [1.54, 1.807) is 12.4 Å². The minimum Gasteiger partial charge on any atom is -0.337 e. The van der Waals surface area contributed by atoms with Crippen LogP contribution in [0.3, 0.4) is 0 Å². The molecule has 0 spiro atoms. The van der Waals surface area contributed by atoms with E-state index in [0.29, 0.717) is 5.75 Å². The van der Waals surface area contributed by atoms with Gasteiger partial charge in [-0.15, -0.1) is 11.8 Å². The number of nitrogens with zero attached hydrogens (tertiary/aromatic N) is 2. The third-order valence-electron chi connectivity index (χ3n) is 3.07. The van der Waals surface area contributed by atoms with Gasteiger partial charge < -0.3 is 5.32 Å². The van der Waals surface area contributed by atoms with E-state index < -0.39 is 5.54 Å². The van der Waals surface area contributed by atoms with Crippen molar-refractivity contribution >= 4 is 17.7 Å². The van der Waals surface area contributed by atoms with Gasteiger partial charge in [-0.3, -0.25) is 9.78 Å². The van der Waals surface area contributed by atoms with Gasteiger partial charge in [0.1, 0.15) is 5.54 Å². The van der Waals surface area contributed by atoms with E-state index in [-0.39, 0.29) is 5.91 Å². The fourth-order valence-electron chi connectivity index (χ4n) is 2.13. The van der Waals surface area contributed by atoms with E-state index in [1.807, 2.05) is 12.1 Å². The first-order valence-electron chi connectivity index (χ1n) is 5.99. The fraction of sp³-hybridized carbons (Fsp3) is 0.462. The number of rotatable bonds is 4. The summed E-state index contributed by atoms with van der Waals surface area (Å²) in [4.78, 5) is 16.8. The van der Waals surface area contributed by atoms with Crippen LogP contribution in [0.25, 0.3) is 0 Å². The molecule has 1 heterocycles. The average molecular weight is 261 g/mol. The lowest BCUT2D eigenvalue weighted by molar-refractivity contribution is -0.119. The number of carbonyl (C=O) groups is 1. The van der Waals surface area contributed by atoms with Crippen LogP contribution in [0.2, 0.25) is 0 Å². The highest BCUT2D eigenvalue weighted by Crippen LogP contribution is 2.29. The third kappa shape index (κ3) is 3.23. The van der Waals surface area contributed by atoms with Crippen LogP contribution in [-0.2, 0) is 4.79 Å². The summed E-state index contributed by atoms with van der Waals surface area (Å²) in [5, 5.41) is 12.0. The minimum atomic E-state index is -0.615. The molecule has 1 aliphatic rings. The number of hydrogen-bond donors (Lipinski definition) is 1. The first-order valence-corrected chi connectivity index (χ1v) is 6.98. The molecule has 5 heteroatoms. The Kier molecular flexibility index (Phi) is 4.21. The molecular weight excluding hydrogens is 246 g/mol. The maximum atomic E-state index is 11.8. The maximum Gasteiger partial charge on any atom is 0.231 e. The Labute approximate surface area is 111 Å². The molecule has 1 fully saturated rings. The van der Waals surface area contributed by atoms with Crippen LogP contribution < -0.4 is 5.32 Å². The zero-order chi connectivity index (χ0) is 12.8. The van der Waals surface area contributed by atoms with Gasteiger partial charge in [0.2, 0.25) is 5.91 Å². The van der Waals surface area contributed by atoms with E-state index in [9.17, 15) is 10.1 Å². The second-order valence-electron chi connectivity index (χ2n) is 4.42. The van der Waals surface area contributed by atoms with Gasteiger partial charge in [-0.1, -0.05) is 0 Å². The van der Waals surface area contributed by atoms with Gasteiger partial charge in [0, 0.05) is 17.3 Å². The maximum absolute atomic E-state index is 11.8. The van der Waals surface area contributed by atoms with Crippen molar-refractivity contribution in [2.75, 3.05) is 5.75 Å². The molecule has 18 heavy (non-hydrogen) atoms. The number of nitrogens with one attached hydrogen (secondary N) is 1. The summed E-state index contributed by atoms with van der Waals surface area (Å²) >= 11 is 1.46. The highest BCUT2D eigenvalue weighted by molar-refractivity contribution is 8.00. The van der Waals surface area contributed by atoms with Crippen LogP contribution in [0.4, 0.5) is 0 Å². The van der Waals surface area contributed by atoms with Crippen molar-refractivity contribution in [3.8, 4) is 6.07 Å². The molecule has 0 radical (unpaired) electrons. The zero-order valence-electron chi connectivity index (χ0n) is 10.1. The Balaban J connectivity index is 1.84. The Bertz CT molecular complexity index is 449. The Morgan fingerprint density at radius 3 is 2.72 bits per heavy atom. The van der Waals surface area contributed by atoms with Crippen LogP contribution in [0, 0.1) is 11.3 Å².